The summed E-state index contributed by atoms with van der Waals surface area (Å²) in [5, 5.41) is 3.32. The maximum Gasteiger partial charge on any atom is 0.229 e. The van der Waals surface area contributed by atoms with E-state index in [9.17, 15) is 0 Å². The summed E-state index contributed by atoms with van der Waals surface area (Å²) in [7, 11) is 2.01. The van der Waals surface area contributed by atoms with Crippen molar-refractivity contribution in [1.29, 1.82) is 0 Å². The maximum absolute atomic E-state index is 5.94. The van der Waals surface area contributed by atoms with Gasteiger partial charge in [-0.2, -0.15) is 9.97 Å². The number of nitrogens with zero attached hydrogens (tertiary/aromatic N) is 4. The first-order valence-electron chi connectivity index (χ1n) is 7.08. The van der Waals surface area contributed by atoms with Crippen molar-refractivity contribution in [3.8, 4) is 0 Å². The molecule has 0 bridgehead atoms. The van der Waals surface area contributed by atoms with Crippen LogP contribution in [0.15, 0.2) is 6.07 Å². The zero-order chi connectivity index (χ0) is 13.2. The number of rotatable bonds is 3. The summed E-state index contributed by atoms with van der Waals surface area (Å²) in [5.41, 5.74) is 5.94. The van der Waals surface area contributed by atoms with Gasteiger partial charge >= 0.3 is 0 Å². The van der Waals surface area contributed by atoms with Crippen molar-refractivity contribution in [3.63, 3.8) is 0 Å². The normalized spacial score (nSPS) is 23.3. The van der Waals surface area contributed by atoms with Gasteiger partial charge in [0, 0.05) is 38.3 Å². The minimum atomic E-state index is 0.548. The van der Waals surface area contributed by atoms with E-state index >= 15 is 0 Å². The molecule has 0 amide bonds. The number of anilines is 3. The average Bonchev–Trinajstić information content (AvgIpc) is 3.09. The Kier molecular flexibility index (Phi) is 3.42. The first kappa shape index (κ1) is 12.5. The molecule has 0 radical (unpaired) electrons. The zero-order valence-corrected chi connectivity index (χ0v) is 11.5. The smallest absolute Gasteiger partial charge is 0.229 e. The van der Waals surface area contributed by atoms with Crippen LogP contribution in [0, 0.1) is 0 Å². The lowest BCUT2D eigenvalue weighted by atomic mass is 10.3. The van der Waals surface area contributed by atoms with E-state index in [0.29, 0.717) is 11.9 Å². The van der Waals surface area contributed by atoms with Gasteiger partial charge in [0.1, 0.15) is 11.6 Å². The highest BCUT2D eigenvalue weighted by Gasteiger charge is 2.24. The third kappa shape index (κ3) is 2.58. The van der Waals surface area contributed by atoms with E-state index in [1.807, 2.05) is 13.1 Å². The van der Waals surface area contributed by atoms with Crippen molar-refractivity contribution >= 4 is 17.6 Å². The summed E-state index contributed by atoms with van der Waals surface area (Å²) < 4.78 is 0. The highest BCUT2D eigenvalue weighted by molar-refractivity contribution is 5.53. The van der Waals surface area contributed by atoms with Crippen molar-refractivity contribution in [2.24, 2.45) is 0 Å². The second-order valence-corrected chi connectivity index (χ2v) is 5.37. The van der Waals surface area contributed by atoms with Gasteiger partial charge in [0.2, 0.25) is 5.95 Å². The topological polar surface area (TPSA) is 70.3 Å². The summed E-state index contributed by atoms with van der Waals surface area (Å²) in [6.07, 6.45) is 3.59. The zero-order valence-electron chi connectivity index (χ0n) is 11.5. The fourth-order valence-corrected chi connectivity index (χ4v) is 2.86. The Morgan fingerprint density at radius 2 is 2.00 bits per heavy atom. The molecule has 104 valence electrons. The summed E-state index contributed by atoms with van der Waals surface area (Å²) >= 11 is 0. The van der Waals surface area contributed by atoms with Crippen LogP contribution in [0.25, 0.3) is 0 Å². The predicted molar refractivity (Wildman–Crippen MR) is 77.6 cm³/mol. The van der Waals surface area contributed by atoms with Crippen LogP contribution in [0.4, 0.5) is 17.6 Å². The van der Waals surface area contributed by atoms with Crippen molar-refractivity contribution in [2.75, 3.05) is 48.8 Å². The first-order valence-corrected chi connectivity index (χ1v) is 7.08. The standard InChI is InChI=1S/C13H22N6/c1-15-10-4-7-19(9-10)12-8-11(14)16-13(17-12)18-5-2-3-6-18/h8,10,15H,2-7,9H2,1H3,(H2,14,16,17)/t10-/m1/s1. The molecule has 0 saturated carbocycles. The number of nitrogens with two attached hydrogens (primary N) is 1. The molecule has 2 fully saturated rings. The van der Waals surface area contributed by atoms with Crippen molar-refractivity contribution in [1.82, 2.24) is 15.3 Å². The Morgan fingerprint density at radius 1 is 1.21 bits per heavy atom. The second-order valence-electron chi connectivity index (χ2n) is 5.37. The van der Waals surface area contributed by atoms with Gasteiger partial charge in [-0.15, -0.1) is 0 Å². The molecule has 6 heteroatoms. The molecule has 1 aromatic rings. The van der Waals surface area contributed by atoms with E-state index in [2.05, 4.69) is 20.1 Å². The summed E-state index contributed by atoms with van der Waals surface area (Å²) in [4.78, 5) is 13.6. The Balaban J connectivity index is 1.81. The van der Waals surface area contributed by atoms with E-state index in [4.69, 9.17) is 10.7 Å². The van der Waals surface area contributed by atoms with Gasteiger partial charge in [0.05, 0.1) is 0 Å². The molecule has 19 heavy (non-hydrogen) atoms. The second kappa shape index (κ2) is 5.21. The largest absolute Gasteiger partial charge is 0.383 e. The minimum Gasteiger partial charge on any atom is -0.383 e. The maximum atomic E-state index is 5.94. The highest BCUT2D eigenvalue weighted by atomic mass is 15.3. The number of aromatic nitrogens is 2. The molecule has 3 heterocycles. The van der Waals surface area contributed by atoms with Gasteiger partial charge in [-0.1, -0.05) is 0 Å². The molecule has 3 rings (SSSR count). The molecule has 2 saturated heterocycles. The van der Waals surface area contributed by atoms with Crippen LogP contribution in [0.1, 0.15) is 19.3 Å². The van der Waals surface area contributed by atoms with Crippen LogP contribution in [-0.4, -0.2) is 49.2 Å². The lowest BCUT2D eigenvalue weighted by Crippen LogP contribution is -2.30. The molecule has 0 spiro atoms. The molecule has 3 N–H and O–H groups in total. The van der Waals surface area contributed by atoms with E-state index in [1.165, 1.54) is 12.8 Å². The number of likely N-dealkylation sites (N-methyl/N-ethyl adjacent to an activating group) is 1. The van der Waals surface area contributed by atoms with Crippen LogP contribution >= 0.6 is 0 Å². The Morgan fingerprint density at radius 3 is 2.68 bits per heavy atom. The molecule has 1 atom stereocenters. The quantitative estimate of drug-likeness (QED) is 0.824. The number of hydrogen-bond donors (Lipinski definition) is 2. The lowest BCUT2D eigenvalue weighted by Gasteiger charge is -2.21. The molecule has 0 aromatic carbocycles. The Bertz CT molecular complexity index is 443. The van der Waals surface area contributed by atoms with E-state index in [0.717, 1.165) is 44.4 Å². The highest BCUT2D eigenvalue weighted by Crippen LogP contribution is 2.24. The Labute approximate surface area is 114 Å². The van der Waals surface area contributed by atoms with E-state index in [-0.39, 0.29) is 0 Å². The molecule has 2 aliphatic rings. The van der Waals surface area contributed by atoms with Crippen molar-refractivity contribution in [3.05, 3.63) is 6.07 Å². The number of hydrogen-bond acceptors (Lipinski definition) is 6. The summed E-state index contributed by atoms with van der Waals surface area (Å²) in [6, 6.07) is 2.43. The van der Waals surface area contributed by atoms with Crippen molar-refractivity contribution < 1.29 is 0 Å². The van der Waals surface area contributed by atoms with Crippen LogP contribution < -0.4 is 20.9 Å². The van der Waals surface area contributed by atoms with Crippen LogP contribution in [-0.2, 0) is 0 Å². The molecular formula is C13H22N6. The molecule has 0 unspecified atom stereocenters. The van der Waals surface area contributed by atoms with Gasteiger partial charge in [0.15, 0.2) is 0 Å². The van der Waals surface area contributed by atoms with Crippen molar-refractivity contribution in [2.45, 2.75) is 25.3 Å². The first-order chi connectivity index (χ1) is 9.26. The van der Waals surface area contributed by atoms with Crippen LogP contribution in [0.5, 0.6) is 0 Å². The van der Waals surface area contributed by atoms with Crippen LogP contribution in [0.3, 0.4) is 0 Å². The average molecular weight is 262 g/mol. The number of nitrogen functional groups attached to an aromatic ring is 1. The summed E-state index contributed by atoms with van der Waals surface area (Å²) in [5.74, 6) is 2.33. The third-order valence-electron chi connectivity index (χ3n) is 4.03. The van der Waals surface area contributed by atoms with Gasteiger partial charge < -0.3 is 20.9 Å². The SMILES string of the molecule is CN[C@@H]1CCN(c2cc(N)nc(N3CCCC3)n2)C1. The van der Waals surface area contributed by atoms with E-state index < -0.39 is 0 Å². The molecule has 2 aliphatic heterocycles. The molecule has 1 aromatic heterocycles. The van der Waals surface area contributed by atoms with Gasteiger partial charge in [-0.25, -0.2) is 0 Å². The van der Waals surface area contributed by atoms with E-state index in [1.54, 1.807) is 0 Å². The third-order valence-corrected chi connectivity index (χ3v) is 4.03. The monoisotopic (exact) mass is 262 g/mol. The molecule has 6 nitrogen and oxygen atoms in total. The van der Waals surface area contributed by atoms with Gasteiger partial charge in [0.25, 0.3) is 0 Å². The fourth-order valence-electron chi connectivity index (χ4n) is 2.86. The molecular weight excluding hydrogens is 240 g/mol. The fraction of sp³-hybridized carbons (Fsp3) is 0.692. The molecule has 0 aliphatic carbocycles. The lowest BCUT2D eigenvalue weighted by molar-refractivity contribution is 0.616. The van der Waals surface area contributed by atoms with Gasteiger partial charge in [-0.05, 0) is 26.3 Å². The number of nitrogens with one attached hydrogen (secondary N) is 1. The summed E-state index contributed by atoms with van der Waals surface area (Å²) in [6.45, 7) is 4.11. The minimum absolute atomic E-state index is 0.548. The Hall–Kier alpha value is -1.56. The van der Waals surface area contributed by atoms with Crippen LogP contribution in [0.2, 0.25) is 0 Å². The van der Waals surface area contributed by atoms with Gasteiger partial charge in [-0.3, -0.25) is 0 Å². The predicted octanol–water partition coefficient (Wildman–Crippen LogP) is 0.457.